The minimum absolute atomic E-state index is 0.108. The quantitative estimate of drug-likeness (QED) is 0.0947. The van der Waals surface area contributed by atoms with E-state index in [-0.39, 0.29) is 5.78 Å². The number of unbranched alkanes of at least 4 members (excludes halogenated alkanes) is 14. The van der Waals surface area contributed by atoms with E-state index in [1.807, 2.05) is 6.08 Å². The van der Waals surface area contributed by atoms with Crippen LogP contribution in [0.1, 0.15) is 110 Å². The van der Waals surface area contributed by atoms with Gasteiger partial charge in [-0.25, -0.2) is 0 Å². The van der Waals surface area contributed by atoms with E-state index in [0.29, 0.717) is 6.29 Å². The zero-order chi connectivity index (χ0) is 19.8. The van der Waals surface area contributed by atoms with Crippen molar-refractivity contribution in [2.45, 2.75) is 110 Å². The topological polar surface area (TPSA) is 34.1 Å². The number of aldehydes is 1. The van der Waals surface area contributed by atoms with Crippen molar-refractivity contribution in [1.29, 1.82) is 0 Å². The van der Waals surface area contributed by atoms with Crippen molar-refractivity contribution in [3.8, 4) is 0 Å². The summed E-state index contributed by atoms with van der Waals surface area (Å²) in [6.45, 7) is 2.27. The molecule has 0 rings (SSSR count). The van der Waals surface area contributed by atoms with E-state index in [1.165, 1.54) is 102 Å². The number of rotatable bonds is 20. The fourth-order valence-electron chi connectivity index (χ4n) is 3.08. The van der Waals surface area contributed by atoms with Crippen LogP contribution in [0.15, 0.2) is 36.5 Å². The van der Waals surface area contributed by atoms with Gasteiger partial charge in [-0.05, 0) is 56.8 Å². The molecule has 0 fully saturated rings. The van der Waals surface area contributed by atoms with Gasteiger partial charge in [0.15, 0.2) is 5.78 Å². The van der Waals surface area contributed by atoms with Crippen molar-refractivity contribution < 1.29 is 9.59 Å². The van der Waals surface area contributed by atoms with Crippen LogP contribution < -0.4 is 0 Å². The van der Waals surface area contributed by atoms with Crippen molar-refractivity contribution in [1.82, 2.24) is 0 Å². The lowest BCUT2D eigenvalue weighted by molar-refractivity contribution is -0.111. The first kappa shape index (κ1) is 25.6. The maximum Gasteiger partial charge on any atom is 0.178 e. The van der Waals surface area contributed by atoms with Crippen LogP contribution in [0.25, 0.3) is 0 Å². The first-order valence-corrected chi connectivity index (χ1v) is 11.3. The smallest absolute Gasteiger partial charge is 0.178 e. The van der Waals surface area contributed by atoms with Gasteiger partial charge in [-0.1, -0.05) is 89.4 Å². The normalized spacial score (nSPS) is 11.9. The van der Waals surface area contributed by atoms with Crippen molar-refractivity contribution >= 4 is 12.1 Å². The summed E-state index contributed by atoms with van der Waals surface area (Å²) in [5, 5.41) is 0. The predicted octanol–water partition coefficient (Wildman–Crippen LogP) is 7.68. The van der Waals surface area contributed by atoms with Crippen LogP contribution in [0.4, 0.5) is 0 Å². The Morgan fingerprint density at radius 2 is 1.04 bits per heavy atom. The molecule has 154 valence electrons. The maximum atomic E-state index is 11.2. The monoisotopic (exact) mass is 374 g/mol. The molecule has 0 N–H and O–H groups in total. The van der Waals surface area contributed by atoms with Gasteiger partial charge in [-0.3, -0.25) is 9.59 Å². The minimum Gasteiger partial charge on any atom is -0.299 e. The van der Waals surface area contributed by atoms with E-state index in [2.05, 4.69) is 19.1 Å². The molecule has 0 aliphatic rings. The van der Waals surface area contributed by atoms with Gasteiger partial charge in [0.2, 0.25) is 0 Å². The maximum absolute atomic E-state index is 11.2. The molecule has 0 bridgehead atoms. The van der Waals surface area contributed by atoms with Gasteiger partial charge in [0.05, 0.1) is 0 Å². The summed E-state index contributed by atoms with van der Waals surface area (Å²) in [5.41, 5.74) is 0. The number of allylic oxidation sites excluding steroid dienone is 6. The number of hydrogen-bond acceptors (Lipinski definition) is 2. The van der Waals surface area contributed by atoms with E-state index in [4.69, 9.17) is 0 Å². The summed E-state index contributed by atoms with van der Waals surface area (Å²) >= 11 is 0. The lowest BCUT2D eigenvalue weighted by Crippen LogP contribution is -1.85. The number of carbonyl (C=O) groups excluding carboxylic acids is 2. The van der Waals surface area contributed by atoms with Crippen LogP contribution in [-0.2, 0) is 9.59 Å². The molecule has 0 aliphatic heterocycles. The molecule has 0 atom stereocenters. The Morgan fingerprint density at radius 3 is 1.52 bits per heavy atom. The second-order valence-corrected chi connectivity index (χ2v) is 7.38. The Hall–Kier alpha value is -1.44. The number of carbonyl (C=O) groups is 2. The van der Waals surface area contributed by atoms with Crippen LogP contribution in [0.2, 0.25) is 0 Å². The number of ketones is 1. The summed E-state index contributed by atoms with van der Waals surface area (Å²) < 4.78 is 0. The van der Waals surface area contributed by atoms with E-state index in [1.54, 1.807) is 6.08 Å². The van der Waals surface area contributed by atoms with Crippen molar-refractivity contribution in [3.05, 3.63) is 36.5 Å². The van der Waals surface area contributed by atoms with Gasteiger partial charge in [0.25, 0.3) is 0 Å². The lowest BCUT2D eigenvalue weighted by Gasteiger charge is -2.00. The van der Waals surface area contributed by atoms with Gasteiger partial charge in [0.1, 0.15) is 6.29 Å². The SMILES string of the molecule is CCCCCCCCC=CCCCCCCCCCC=CC(=O)C=CC=O. The molecule has 0 aromatic carbocycles. The van der Waals surface area contributed by atoms with E-state index >= 15 is 0 Å². The van der Waals surface area contributed by atoms with Crippen molar-refractivity contribution in [2.75, 3.05) is 0 Å². The van der Waals surface area contributed by atoms with Crippen molar-refractivity contribution in [3.63, 3.8) is 0 Å². The summed E-state index contributed by atoms with van der Waals surface area (Å²) in [6.07, 6.45) is 32.2. The molecule has 0 amide bonds. The van der Waals surface area contributed by atoms with Crippen LogP contribution >= 0.6 is 0 Å². The van der Waals surface area contributed by atoms with Gasteiger partial charge in [-0.15, -0.1) is 0 Å². The van der Waals surface area contributed by atoms with Gasteiger partial charge in [0, 0.05) is 0 Å². The van der Waals surface area contributed by atoms with Crippen molar-refractivity contribution in [2.24, 2.45) is 0 Å². The molecular weight excluding hydrogens is 332 g/mol. The Labute approximate surface area is 168 Å². The minimum atomic E-state index is -0.108. The standard InChI is InChI=1S/C25H42O2/c1-2-3-4-5-6-7-8-9-10-11-12-13-14-15-16-17-18-19-20-22-25(27)23-21-24-26/h9-10,20-24H,2-8,11-19H2,1H3. The van der Waals surface area contributed by atoms with Gasteiger partial charge < -0.3 is 0 Å². The molecule has 2 heteroatoms. The Balaban J connectivity index is 3.23. The van der Waals surface area contributed by atoms with Crippen LogP contribution in [-0.4, -0.2) is 12.1 Å². The third-order valence-corrected chi connectivity index (χ3v) is 4.75. The second kappa shape index (κ2) is 22.6. The summed E-state index contributed by atoms with van der Waals surface area (Å²) in [7, 11) is 0. The van der Waals surface area contributed by atoms with E-state index in [9.17, 15) is 9.59 Å². The number of hydrogen-bond donors (Lipinski definition) is 0. The molecular formula is C25H42O2. The first-order chi connectivity index (χ1) is 13.3. The molecule has 0 aromatic rings. The first-order valence-electron chi connectivity index (χ1n) is 11.3. The largest absolute Gasteiger partial charge is 0.299 e. The highest BCUT2D eigenvalue weighted by Gasteiger charge is 1.92. The summed E-state index contributed by atoms with van der Waals surface area (Å²) in [4.78, 5) is 21.3. The predicted molar refractivity (Wildman–Crippen MR) is 118 cm³/mol. The molecule has 0 aromatic heterocycles. The molecule has 0 unspecified atom stereocenters. The zero-order valence-corrected chi connectivity index (χ0v) is 17.7. The fourth-order valence-corrected chi connectivity index (χ4v) is 3.08. The molecule has 0 saturated heterocycles. The molecule has 27 heavy (non-hydrogen) atoms. The summed E-state index contributed by atoms with van der Waals surface area (Å²) in [6, 6.07) is 0. The molecule has 2 nitrogen and oxygen atoms in total. The van der Waals surface area contributed by atoms with Crippen LogP contribution in [0.3, 0.4) is 0 Å². The average molecular weight is 375 g/mol. The Morgan fingerprint density at radius 1 is 0.593 bits per heavy atom. The highest BCUT2D eigenvalue weighted by atomic mass is 16.1. The van der Waals surface area contributed by atoms with Crippen LogP contribution in [0, 0.1) is 0 Å². The van der Waals surface area contributed by atoms with E-state index < -0.39 is 0 Å². The fraction of sp³-hybridized carbons (Fsp3) is 0.680. The Bertz CT molecular complexity index is 418. The molecule has 0 spiro atoms. The van der Waals surface area contributed by atoms with Gasteiger partial charge >= 0.3 is 0 Å². The van der Waals surface area contributed by atoms with E-state index in [0.717, 1.165) is 12.8 Å². The Kier molecular flexibility index (Phi) is 21.4. The molecule has 0 saturated carbocycles. The molecule has 0 radical (unpaired) electrons. The third-order valence-electron chi connectivity index (χ3n) is 4.75. The average Bonchev–Trinajstić information content (AvgIpc) is 2.68. The zero-order valence-electron chi connectivity index (χ0n) is 17.7. The third kappa shape index (κ3) is 22.5. The van der Waals surface area contributed by atoms with Gasteiger partial charge in [-0.2, -0.15) is 0 Å². The highest BCUT2D eigenvalue weighted by Crippen LogP contribution is 2.11. The van der Waals surface area contributed by atoms with Crippen LogP contribution in [0.5, 0.6) is 0 Å². The lowest BCUT2D eigenvalue weighted by atomic mass is 10.1. The molecule has 0 aliphatic carbocycles. The molecule has 0 heterocycles. The summed E-state index contributed by atoms with van der Waals surface area (Å²) in [5.74, 6) is -0.108. The second-order valence-electron chi connectivity index (χ2n) is 7.38. The highest BCUT2D eigenvalue weighted by molar-refractivity contribution is 6.00.